The normalized spacial score (nSPS) is 11.4. The highest BCUT2D eigenvalue weighted by molar-refractivity contribution is 5.47. The van der Waals surface area contributed by atoms with E-state index in [1.807, 2.05) is 0 Å². The summed E-state index contributed by atoms with van der Waals surface area (Å²) in [5.74, 6) is 0.752. The zero-order valence-electron chi connectivity index (χ0n) is 12.4. The minimum absolute atomic E-state index is 0.171. The minimum atomic E-state index is -0.260. The quantitative estimate of drug-likeness (QED) is 0.711. The summed E-state index contributed by atoms with van der Waals surface area (Å²) in [5.41, 5.74) is -0.0893. The molecule has 2 N–H and O–H groups in total. The molecule has 108 valence electrons. The van der Waals surface area contributed by atoms with Crippen LogP contribution in [0.25, 0.3) is 0 Å². The van der Waals surface area contributed by atoms with E-state index in [1.165, 1.54) is 32.7 Å². The van der Waals surface area contributed by atoms with Crippen molar-refractivity contribution in [3.05, 3.63) is 16.7 Å². The Labute approximate surface area is 114 Å². The van der Waals surface area contributed by atoms with E-state index in [0.29, 0.717) is 5.82 Å². The highest BCUT2D eigenvalue weighted by atomic mass is 16.5. The molecule has 0 aromatic carbocycles. The molecular weight excluding hydrogens is 242 g/mol. The highest BCUT2D eigenvalue weighted by Gasteiger charge is 2.18. The standard InChI is InChI=1S/C14H25N3O2/c1-5-6-7-8-14(2,3)9-15-12-11(19-4)13(18)17-10-16-12/h10H,5-9H2,1-4H3,(H2,15,16,17,18). The Balaban J connectivity index is 2.61. The van der Waals surface area contributed by atoms with Gasteiger partial charge in [-0.2, -0.15) is 0 Å². The maximum atomic E-state index is 11.5. The number of aromatic nitrogens is 2. The van der Waals surface area contributed by atoms with Crippen LogP contribution in [0.15, 0.2) is 11.1 Å². The second kappa shape index (κ2) is 7.16. The third-order valence-corrected chi connectivity index (χ3v) is 3.21. The van der Waals surface area contributed by atoms with Gasteiger partial charge in [0, 0.05) is 6.54 Å². The Bertz CT molecular complexity index is 441. The van der Waals surface area contributed by atoms with Crippen LogP contribution in [-0.2, 0) is 0 Å². The molecule has 5 nitrogen and oxygen atoms in total. The number of hydrogen-bond donors (Lipinski definition) is 2. The summed E-state index contributed by atoms with van der Waals surface area (Å²) >= 11 is 0. The van der Waals surface area contributed by atoms with Crippen molar-refractivity contribution < 1.29 is 4.74 Å². The van der Waals surface area contributed by atoms with Crippen molar-refractivity contribution in [1.29, 1.82) is 0 Å². The van der Waals surface area contributed by atoms with Crippen LogP contribution in [0.4, 0.5) is 5.82 Å². The van der Waals surface area contributed by atoms with E-state index in [-0.39, 0.29) is 16.7 Å². The molecule has 0 aliphatic rings. The summed E-state index contributed by atoms with van der Waals surface area (Å²) in [7, 11) is 1.48. The highest BCUT2D eigenvalue weighted by Crippen LogP contribution is 2.25. The van der Waals surface area contributed by atoms with Gasteiger partial charge in [0.25, 0.3) is 5.56 Å². The van der Waals surface area contributed by atoms with Gasteiger partial charge in [0.15, 0.2) is 5.82 Å². The molecule has 0 bridgehead atoms. The topological polar surface area (TPSA) is 67.0 Å². The van der Waals surface area contributed by atoms with Crippen molar-refractivity contribution in [2.75, 3.05) is 19.0 Å². The molecule has 0 unspecified atom stereocenters. The molecule has 0 fully saturated rings. The van der Waals surface area contributed by atoms with Crippen LogP contribution in [0.5, 0.6) is 5.75 Å². The molecule has 0 atom stereocenters. The van der Waals surface area contributed by atoms with Gasteiger partial charge in [-0.1, -0.05) is 40.0 Å². The number of anilines is 1. The van der Waals surface area contributed by atoms with Gasteiger partial charge >= 0.3 is 0 Å². The lowest BCUT2D eigenvalue weighted by Gasteiger charge is -2.25. The smallest absolute Gasteiger partial charge is 0.295 e. The lowest BCUT2D eigenvalue weighted by atomic mass is 9.87. The average Bonchev–Trinajstić information content (AvgIpc) is 2.37. The Kier molecular flexibility index (Phi) is 5.86. The molecule has 0 aliphatic carbocycles. The van der Waals surface area contributed by atoms with Gasteiger partial charge in [0.1, 0.15) is 0 Å². The predicted octanol–water partition coefficient (Wildman–Crippen LogP) is 2.80. The molecule has 0 amide bonds. The van der Waals surface area contributed by atoms with E-state index >= 15 is 0 Å². The fraction of sp³-hybridized carbons (Fsp3) is 0.714. The van der Waals surface area contributed by atoms with Crippen molar-refractivity contribution >= 4 is 5.82 Å². The summed E-state index contributed by atoms with van der Waals surface area (Å²) in [6.45, 7) is 7.41. The van der Waals surface area contributed by atoms with Crippen LogP contribution in [0.1, 0.15) is 46.5 Å². The van der Waals surface area contributed by atoms with E-state index in [4.69, 9.17) is 4.74 Å². The van der Waals surface area contributed by atoms with Gasteiger partial charge in [0.05, 0.1) is 13.4 Å². The molecule has 1 rings (SSSR count). The largest absolute Gasteiger partial charge is 0.489 e. The third kappa shape index (κ3) is 4.93. The maximum Gasteiger partial charge on any atom is 0.295 e. The van der Waals surface area contributed by atoms with Crippen LogP contribution in [-0.4, -0.2) is 23.6 Å². The van der Waals surface area contributed by atoms with E-state index in [0.717, 1.165) is 13.0 Å². The molecule has 1 heterocycles. The number of nitrogens with one attached hydrogen (secondary N) is 2. The first kappa shape index (κ1) is 15.5. The maximum absolute atomic E-state index is 11.5. The van der Waals surface area contributed by atoms with E-state index in [9.17, 15) is 4.79 Å². The first-order valence-electron chi connectivity index (χ1n) is 6.85. The lowest BCUT2D eigenvalue weighted by Crippen LogP contribution is -2.25. The SMILES string of the molecule is CCCCCC(C)(C)CNc1nc[nH]c(=O)c1OC. The predicted molar refractivity (Wildman–Crippen MR) is 77.8 cm³/mol. The molecular formula is C14H25N3O2. The molecule has 0 spiro atoms. The fourth-order valence-electron chi connectivity index (χ4n) is 1.97. The summed E-state index contributed by atoms with van der Waals surface area (Å²) in [5, 5.41) is 3.22. The number of aromatic amines is 1. The fourth-order valence-corrected chi connectivity index (χ4v) is 1.97. The van der Waals surface area contributed by atoms with E-state index in [2.05, 4.69) is 36.1 Å². The molecule has 19 heavy (non-hydrogen) atoms. The van der Waals surface area contributed by atoms with E-state index in [1.54, 1.807) is 0 Å². The van der Waals surface area contributed by atoms with Crippen molar-refractivity contribution in [2.24, 2.45) is 5.41 Å². The molecule has 0 saturated carbocycles. The summed E-state index contributed by atoms with van der Waals surface area (Å²) < 4.78 is 5.07. The minimum Gasteiger partial charge on any atom is -0.489 e. The number of nitrogens with zero attached hydrogens (tertiary/aromatic N) is 1. The summed E-state index contributed by atoms with van der Waals surface area (Å²) in [6, 6.07) is 0. The molecule has 0 saturated heterocycles. The lowest BCUT2D eigenvalue weighted by molar-refractivity contribution is 0.341. The number of ether oxygens (including phenoxy) is 1. The van der Waals surface area contributed by atoms with Crippen LogP contribution in [0.3, 0.4) is 0 Å². The Morgan fingerprint density at radius 3 is 2.79 bits per heavy atom. The average molecular weight is 267 g/mol. The van der Waals surface area contributed by atoms with Crippen LogP contribution < -0.4 is 15.6 Å². The van der Waals surface area contributed by atoms with Crippen molar-refractivity contribution in [1.82, 2.24) is 9.97 Å². The van der Waals surface area contributed by atoms with Crippen molar-refractivity contribution in [3.63, 3.8) is 0 Å². The first-order chi connectivity index (χ1) is 9.00. The van der Waals surface area contributed by atoms with Crippen molar-refractivity contribution in [2.45, 2.75) is 46.5 Å². The molecule has 5 heteroatoms. The molecule has 0 radical (unpaired) electrons. The monoisotopic (exact) mass is 267 g/mol. The second-order valence-corrected chi connectivity index (χ2v) is 5.59. The van der Waals surface area contributed by atoms with Gasteiger partial charge in [-0.15, -0.1) is 0 Å². The first-order valence-corrected chi connectivity index (χ1v) is 6.85. The Hall–Kier alpha value is -1.52. The number of unbranched alkanes of at least 4 members (excludes halogenated alkanes) is 2. The zero-order valence-corrected chi connectivity index (χ0v) is 12.4. The number of hydrogen-bond acceptors (Lipinski definition) is 4. The van der Waals surface area contributed by atoms with Crippen LogP contribution in [0.2, 0.25) is 0 Å². The van der Waals surface area contributed by atoms with Gasteiger partial charge in [0.2, 0.25) is 5.75 Å². The summed E-state index contributed by atoms with van der Waals surface area (Å²) in [4.78, 5) is 18.2. The molecule has 1 aromatic heterocycles. The van der Waals surface area contributed by atoms with Crippen molar-refractivity contribution in [3.8, 4) is 5.75 Å². The number of H-pyrrole nitrogens is 1. The van der Waals surface area contributed by atoms with Crippen LogP contribution in [0, 0.1) is 5.41 Å². The van der Waals surface area contributed by atoms with E-state index < -0.39 is 0 Å². The van der Waals surface area contributed by atoms with Crippen LogP contribution >= 0.6 is 0 Å². The number of rotatable bonds is 8. The second-order valence-electron chi connectivity index (χ2n) is 5.59. The third-order valence-electron chi connectivity index (χ3n) is 3.21. The zero-order chi connectivity index (χ0) is 14.3. The Morgan fingerprint density at radius 2 is 2.16 bits per heavy atom. The van der Waals surface area contributed by atoms with Gasteiger partial charge in [-0.3, -0.25) is 4.79 Å². The molecule has 0 aliphatic heterocycles. The Morgan fingerprint density at radius 1 is 1.42 bits per heavy atom. The van der Waals surface area contributed by atoms with Gasteiger partial charge < -0.3 is 15.0 Å². The number of methoxy groups -OCH3 is 1. The van der Waals surface area contributed by atoms with Gasteiger partial charge in [-0.05, 0) is 11.8 Å². The summed E-state index contributed by atoms with van der Waals surface area (Å²) in [6.07, 6.45) is 6.25. The van der Waals surface area contributed by atoms with Gasteiger partial charge in [-0.25, -0.2) is 4.98 Å². The molecule has 1 aromatic rings.